The van der Waals surface area contributed by atoms with Crippen LogP contribution in [0.15, 0.2) is 18.3 Å². The monoisotopic (exact) mass is 316 g/mol. The van der Waals surface area contributed by atoms with Gasteiger partial charge in [0.15, 0.2) is 0 Å². The topological polar surface area (TPSA) is 87.0 Å². The predicted octanol–water partition coefficient (Wildman–Crippen LogP) is 1.93. The second-order valence-corrected chi connectivity index (χ2v) is 6.11. The molecule has 0 aromatic carbocycles. The largest absolute Gasteiger partial charge is 0.381 e. The van der Waals surface area contributed by atoms with Gasteiger partial charge in [0.05, 0.1) is 11.5 Å². The van der Waals surface area contributed by atoms with Gasteiger partial charge in [-0.1, -0.05) is 0 Å². The van der Waals surface area contributed by atoms with Crippen LogP contribution in [0.1, 0.15) is 32.3 Å². The minimum absolute atomic E-state index is 0.0499. The summed E-state index contributed by atoms with van der Waals surface area (Å²) in [5.74, 6) is 0.706. The maximum Gasteiger partial charge on any atom is 0.225 e. The molecule has 0 saturated carbocycles. The second kappa shape index (κ2) is 8.49. The lowest BCUT2D eigenvalue weighted by atomic mass is 9.85. The number of carbonyl (C=O) groups excluding carboxylic acids is 1. The van der Waals surface area contributed by atoms with Crippen molar-refractivity contribution < 1.29 is 9.53 Å². The van der Waals surface area contributed by atoms with Gasteiger partial charge in [0.25, 0.3) is 0 Å². The summed E-state index contributed by atoms with van der Waals surface area (Å²) in [6.45, 7) is 5.78. The molecule has 23 heavy (non-hydrogen) atoms. The van der Waals surface area contributed by atoms with Gasteiger partial charge in [0.2, 0.25) is 5.91 Å². The number of nitriles is 1. The van der Waals surface area contributed by atoms with E-state index in [2.05, 4.69) is 21.7 Å². The number of rotatable bonds is 6. The summed E-state index contributed by atoms with van der Waals surface area (Å²) < 4.78 is 5.40. The zero-order chi connectivity index (χ0) is 16.7. The van der Waals surface area contributed by atoms with Crippen molar-refractivity contribution in [3.05, 3.63) is 23.9 Å². The number of nitrogens with one attached hydrogen (secondary N) is 2. The molecule has 1 aliphatic heterocycles. The van der Waals surface area contributed by atoms with Crippen molar-refractivity contribution in [2.45, 2.75) is 32.7 Å². The van der Waals surface area contributed by atoms with Crippen LogP contribution in [0.25, 0.3) is 0 Å². The summed E-state index contributed by atoms with van der Waals surface area (Å²) in [4.78, 5) is 16.7. The van der Waals surface area contributed by atoms with Crippen molar-refractivity contribution in [3.8, 4) is 6.07 Å². The maximum absolute atomic E-state index is 12.6. The molecule has 6 heteroatoms. The van der Waals surface area contributed by atoms with Crippen LogP contribution in [0.2, 0.25) is 0 Å². The summed E-state index contributed by atoms with van der Waals surface area (Å²) in [6, 6.07) is 5.66. The molecule has 0 bridgehead atoms. The van der Waals surface area contributed by atoms with Crippen molar-refractivity contribution in [3.63, 3.8) is 0 Å². The highest BCUT2D eigenvalue weighted by Gasteiger charge is 2.30. The molecular weight excluding hydrogens is 292 g/mol. The van der Waals surface area contributed by atoms with Gasteiger partial charge in [-0.2, -0.15) is 5.26 Å². The Kier molecular flexibility index (Phi) is 6.36. The number of ether oxygens (including phenoxy) is 1. The Bertz CT molecular complexity index is 562. The zero-order valence-electron chi connectivity index (χ0n) is 13.7. The van der Waals surface area contributed by atoms with E-state index in [0.29, 0.717) is 31.1 Å². The Morgan fingerprint density at radius 3 is 2.87 bits per heavy atom. The quantitative estimate of drug-likeness (QED) is 0.837. The summed E-state index contributed by atoms with van der Waals surface area (Å²) in [5.41, 5.74) is 0.488. The lowest BCUT2D eigenvalue weighted by Crippen LogP contribution is -2.43. The van der Waals surface area contributed by atoms with E-state index < -0.39 is 0 Å². The average molecular weight is 316 g/mol. The van der Waals surface area contributed by atoms with Crippen molar-refractivity contribution in [1.82, 2.24) is 10.3 Å². The van der Waals surface area contributed by atoms with Crippen LogP contribution in [-0.2, 0) is 9.53 Å². The third-order valence-electron chi connectivity index (χ3n) is 4.02. The Morgan fingerprint density at radius 2 is 2.22 bits per heavy atom. The van der Waals surface area contributed by atoms with E-state index in [1.807, 2.05) is 13.8 Å². The van der Waals surface area contributed by atoms with Crippen LogP contribution < -0.4 is 10.6 Å². The van der Waals surface area contributed by atoms with Crippen LogP contribution in [0, 0.1) is 23.2 Å². The molecule has 0 radical (unpaired) electrons. The fourth-order valence-corrected chi connectivity index (χ4v) is 2.83. The Balaban J connectivity index is 2.07. The van der Waals surface area contributed by atoms with Gasteiger partial charge in [-0.05, 0) is 44.7 Å². The first-order valence-corrected chi connectivity index (χ1v) is 8.09. The summed E-state index contributed by atoms with van der Waals surface area (Å²) in [5, 5.41) is 15.3. The zero-order valence-corrected chi connectivity index (χ0v) is 13.7. The van der Waals surface area contributed by atoms with Crippen LogP contribution in [0.4, 0.5) is 5.82 Å². The highest BCUT2D eigenvalue weighted by atomic mass is 16.5. The van der Waals surface area contributed by atoms with Crippen LogP contribution in [-0.4, -0.2) is 36.7 Å². The van der Waals surface area contributed by atoms with Crippen LogP contribution in [0.3, 0.4) is 0 Å². The Morgan fingerprint density at radius 1 is 1.48 bits per heavy atom. The molecule has 1 amide bonds. The first kappa shape index (κ1) is 17.2. The Hall–Kier alpha value is -2.13. The third kappa shape index (κ3) is 4.93. The fraction of sp³-hybridized carbons (Fsp3) is 0.588. The smallest absolute Gasteiger partial charge is 0.225 e. The molecular formula is C17H24N4O2. The van der Waals surface area contributed by atoms with E-state index in [4.69, 9.17) is 10.00 Å². The number of amides is 1. The molecule has 0 aliphatic carbocycles. The van der Waals surface area contributed by atoms with Gasteiger partial charge in [-0.15, -0.1) is 0 Å². The van der Waals surface area contributed by atoms with Crippen LogP contribution in [0.5, 0.6) is 0 Å². The lowest BCUT2D eigenvalue weighted by molar-refractivity contribution is -0.127. The van der Waals surface area contributed by atoms with E-state index >= 15 is 0 Å². The van der Waals surface area contributed by atoms with Crippen LogP contribution >= 0.6 is 0 Å². The first-order chi connectivity index (χ1) is 11.1. The Labute approximate surface area is 137 Å². The number of anilines is 1. The second-order valence-electron chi connectivity index (χ2n) is 6.11. The summed E-state index contributed by atoms with van der Waals surface area (Å²) in [7, 11) is 0. The number of carbonyl (C=O) groups is 1. The molecule has 1 aromatic rings. The number of hydrogen-bond donors (Lipinski definition) is 2. The molecule has 2 N–H and O–H groups in total. The van der Waals surface area contributed by atoms with E-state index in [1.165, 1.54) is 0 Å². The molecule has 1 aromatic heterocycles. The van der Waals surface area contributed by atoms with Gasteiger partial charge in [-0.3, -0.25) is 4.79 Å². The number of pyridine rings is 1. The molecule has 2 heterocycles. The maximum atomic E-state index is 12.6. The van der Waals surface area contributed by atoms with Gasteiger partial charge in [0, 0.05) is 32.0 Å². The highest BCUT2D eigenvalue weighted by Crippen LogP contribution is 2.25. The molecule has 6 nitrogen and oxygen atoms in total. The molecule has 1 fully saturated rings. The minimum Gasteiger partial charge on any atom is -0.381 e. The molecule has 1 atom stereocenters. The van der Waals surface area contributed by atoms with E-state index in [9.17, 15) is 4.79 Å². The predicted molar refractivity (Wildman–Crippen MR) is 87.8 cm³/mol. The van der Waals surface area contributed by atoms with E-state index in [-0.39, 0.29) is 23.8 Å². The normalized spacial score (nSPS) is 16.6. The van der Waals surface area contributed by atoms with Gasteiger partial charge < -0.3 is 15.4 Å². The van der Waals surface area contributed by atoms with Gasteiger partial charge in [-0.25, -0.2) is 4.98 Å². The van der Waals surface area contributed by atoms with Gasteiger partial charge in [0.1, 0.15) is 11.9 Å². The van der Waals surface area contributed by atoms with Gasteiger partial charge >= 0.3 is 0 Å². The van der Waals surface area contributed by atoms with E-state index in [0.717, 1.165) is 12.8 Å². The van der Waals surface area contributed by atoms with Crippen molar-refractivity contribution in [2.75, 3.05) is 25.1 Å². The molecule has 1 saturated heterocycles. The number of aromatic nitrogens is 1. The molecule has 2 rings (SSSR count). The van der Waals surface area contributed by atoms with Crippen molar-refractivity contribution in [2.24, 2.45) is 11.8 Å². The third-order valence-corrected chi connectivity index (χ3v) is 4.02. The average Bonchev–Trinajstić information content (AvgIpc) is 2.55. The molecule has 0 spiro atoms. The first-order valence-electron chi connectivity index (χ1n) is 8.09. The minimum atomic E-state index is -0.158. The SMILES string of the molecule is CC(C)NC(=O)C(CNc1ncccc1C#N)C1CCOCC1. The highest BCUT2D eigenvalue weighted by molar-refractivity contribution is 5.80. The number of hydrogen-bond acceptors (Lipinski definition) is 5. The van der Waals surface area contributed by atoms with Crippen molar-refractivity contribution >= 4 is 11.7 Å². The van der Waals surface area contributed by atoms with Crippen molar-refractivity contribution in [1.29, 1.82) is 5.26 Å². The fourth-order valence-electron chi connectivity index (χ4n) is 2.83. The summed E-state index contributed by atoms with van der Waals surface area (Å²) >= 11 is 0. The standard InChI is InChI=1S/C17H24N4O2/c1-12(2)21-17(22)15(13-5-8-23-9-6-13)11-20-16-14(10-18)4-3-7-19-16/h3-4,7,12-13,15H,5-6,8-9,11H2,1-2H3,(H,19,20)(H,21,22). The molecule has 124 valence electrons. The lowest BCUT2D eigenvalue weighted by Gasteiger charge is -2.30. The summed E-state index contributed by atoms with van der Waals surface area (Å²) in [6.07, 6.45) is 3.40. The van der Waals surface area contributed by atoms with E-state index in [1.54, 1.807) is 18.3 Å². The molecule has 1 unspecified atom stereocenters. The molecule has 1 aliphatic rings. The number of nitrogens with zero attached hydrogens (tertiary/aromatic N) is 2.